The topological polar surface area (TPSA) is 45.8 Å². The predicted octanol–water partition coefficient (Wildman–Crippen LogP) is 4.13. The molecule has 2 aromatic rings. The van der Waals surface area contributed by atoms with E-state index in [2.05, 4.69) is 39.7 Å². The maximum Gasteiger partial charge on any atom is 0.213 e. The molecular weight excluding hydrogens is 323 g/mol. The number of aromatic amines is 1. The van der Waals surface area contributed by atoms with Crippen molar-refractivity contribution < 1.29 is 9.18 Å². The maximum atomic E-state index is 13.3. The van der Waals surface area contributed by atoms with Gasteiger partial charge in [-0.05, 0) is 33.8 Å². The van der Waals surface area contributed by atoms with Crippen LogP contribution in [0.2, 0.25) is 0 Å². The average molecular weight is 337 g/mol. The molecule has 3 rings (SSSR count). The van der Waals surface area contributed by atoms with Crippen LogP contribution >= 0.6 is 15.9 Å². The number of fused-ring (bicyclic) bond motifs is 1. The molecule has 0 saturated heterocycles. The van der Waals surface area contributed by atoms with Gasteiger partial charge < -0.3 is 4.98 Å². The summed E-state index contributed by atoms with van der Waals surface area (Å²) < 4.78 is 14.0. The molecule has 20 heavy (non-hydrogen) atoms. The summed E-state index contributed by atoms with van der Waals surface area (Å²) in [5.74, 6) is -0.409. The van der Waals surface area contributed by atoms with Gasteiger partial charge in [-0.2, -0.15) is 4.39 Å². The average Bonchev–Trinajstić information content (AvgIpc) is 2.64. The summed E-state index contributed by atoms with van der Waals surface area (Å²) >= 11 is 3.48. The molecule has 0 saturated carbocycles. The Kier molecular flexibility index (Phi) is 3.05. The quantitative estimate of drug-likeness (QED) is 0.795. The number of hydrogen-bond acceptors (Lipinski definition) is 2. The molecule has 0 fully saturated rings. The Hall–Kier alpha value is -1.49. The highest BCUT2D eigenvalue weighted by molar-refractivity contribution is 9.10. The van der Waals surface area contributed by atoms with Gasteiger partial charge in [-0.1, -0.05) is 13.8 Å². The Morgan fingerprint density at radius 1 is 1.40 bits per heavy atom. The van der Waals surface area contributed by atoms with Gasteiger partial charge in [0, 0.05) is 29.9 Å². The molecular formula is C15H14BrFN2O. The van der Waals surface area contributed by atoms with E-state index in [9.17, 15) is 9.18 Å². The number of nitrogens with zero attached hydrogens (tertiary/aromatic N) is 1. The molecule has 1 aliphatic rings. The predicted molar refractivity (Wildman–Crippen MR) is 78.1 cm³/mol. The van der Waals surface area contributed by atoms with Gasteiger partial charge >= 0.3 is 0 Å². The Morgan fingerprint density at radius 3 is 2.85 bits per heavy atom. The zero-order chi connectivity index (χ0) is 14.5. The summed E-state index contributed by atoms with van der Waals surface area (Å²) in [6, 6.07) is 3.08. The van der Waals surface area contributed by atoms with Crippen molar-refractivity contribution in [2.24, 2.45) is 5.41 Å². The summed E-state index contributed by atoms with van der Waals surface area (Å²) in [4.78, 5) is 19.1. The second-order valence-electron chi connectivity index (χ2n) is 5.98. The largest absolute Gasteiger partial charge is 0.357 e. The van der Waals surface area contributed by atoms with Crippen LogP contribution in [0.15, 0.2) is 22.8 Å². The van der Waals surface area contributed by atoms with Crippen LogP contribution in [0, 0.1) is 11.4 Å². The fourth-order valence-electron chi connectivity index (χ4n) is 2.77. The summed E-state index contributed by atoms with van der Waals surface area (Å²) in [6.45, 7) is 4.16. The molecule has 0 spiro atoms. The van der Waals surface area contributed by atoms with Crippen LogP contribution in [0.25, 0.3) is 11.3 Å². The molecule has 1 aliphatic carbocycles. The lowest BCUT2D eigenvalue weighted by Gasteiger charge is -2.28. The number of carbonyl (C=O) groups excluding carboxylic acids is 1. The standard InChI is InChI=1S/C15H14BrFN2O/c1-15(2)6-9-12(10(20)7-15)13(16)14(19-9)8-3-4-18-11(17)5-8/h3-5,19H,6-7H2,1-2H3. The van der Waals surface area contributed by atoms with Gasteiger partial charge in [0.2, 0.25) is 5.95 Å². The first-order valence-corrected chi connectivity index (χ1v) is 7.22. The van der Waals surface area contributed by atoms with E-state index in [1.54, 1.807) is 6.07 Å². The van der Waals surface area contributed by atoms with Crippen molar-refractivity contribution in [2.45, 2.75) is 26.7 Å². The van der Waals surface area contributed by atoms with Crippen LogP contribution in [-0.2, 0) is 6.42 Å². The highest BCUT2D eigenvalue weighted by atomic mass is 79.9. The van der Waals surface area contributed by atoms with Gasteiger partial charge in [0.15, 0.2) is 5.78 Å². The molecule has 2 heterocycles. The smallest absolute Gasteiger partial charge is 0.213 e. The Balaban J connectivity index is 2.15. The first kappa shape index (κ1) is 13.5. The van der Waals surface area contributed by atoms with Gasteiger partial charge in [0.1, 0.15) is 0 Å². The number of aromatic nitrogens is 2. The normalized spacial score (nSPS) is 17.1. The first-order chi connectivity index (χ1) is 9.37. The van der Waals surface area contributed by atoms with Crippen molar-refractivity contribution >= 4 is 21.7 Å². The maximum absolute atomic E-state index is 13.3. The molecule has 104 valence electrons. The van der Waals surface area contributed by atoms with Crippen molar-refractivity contribution in [1.82, 2.24) is 9.97 Å². The number of hydrogen-bond donors (Lipinski definition) is 1. The van der Waals surface area contributed by atoms with Crippen LogP contribution < -0.4 is 0 Å². The molecule has 0 atom stereocenters. The van der Waals surface area contributed by atoms with Crippen LogP contribution in [-0.4, -0.2) is 15.8 Å². The third-order valence-electron chi connectivity index (χ3n) is 3.61. The van der Waals surface area contributed by atoms with Crippen molar-refractivity contribution in [3.63, 3.8) is 0 Å². The van der Waals surface area contributed by atoms with E-state index in [0.717, 1.165) is 22.3 Å². The Bertz CT molecular complexity index is 706. The number of rotatable bonds is 1. The minimum Gasteiger partial charge on any atom is -0.357 e. The van der Waals surface area contributed by atoms with E-state index >= 15 is 0 Å². The molecule has 1 N–H and O–H groups in total. The van der Waals surface area contributed by atoms with Crippen LogP contribution in [0.5, 0.6) is 0 Å². The molecule has 0 unspecified atom stereocenters. The summed E-state index contributed by atoms with van der Waals surface area (Å²) in [6.07, 6.45) is 2.75. The number of H-pyrrole nitrogens is 1. The summed E-state index contributed by atoms with van der Waals surface area (Å²) in [5.41, 5.74) is 3.00. The molecule has 0 bridgehead atoms. The fraction of sp³-hybridized carbons (Fsp3) is 0.333. The van der Waals surface area contributed by atoms with Gasteiger partial charge in [0.05, 0.1) is 15.7 Å². The van der Waals surface area contributed by atoms with Crippen LogP contribution in [0.1, 0.15) is 36.3 Å². The minimum atomic E-state index is -0.534. The number of carbonyl (C=O) groups is 1. The SMILES string of the molecule is CC1(C)CC(=O)c2c([nH]c(-c3ccnc(F)c3)c2Br)C1. The Morgan fingerprint density at radius 2 is 2.15 bits per heavy atom. The number of halogens is 2. The van der Waals surface area contributed by atoms with E-state index in [0.29, 0.717) is 17.5 Å². The Labute approximate surface area is 124 Å². The lowest BCUT2D eigenvalue weighted by Crippen LogP contribution is -2.26. The molecule has 3 nitrogen and oxygen atoms in total. The lowest BCUT2D eigenvalue weighted by molar-refractivity contribution is 0.0911. The second-order valence-corrected chi connectivity index (χ2v) is 6.77. The number of ketones is 1. The highest BCUT2D eigenvalue weighted by Crippen LogP contribution is 2.41. The molecule has 0 aliphatic heterocycles. The van der Waals surface area contributed by atoms with E-state index in [1.165, 1.54) is 12.3 Å². The number of nitrogens with one attached hydrogen (secondary N) is 1. The van der Waals surface area contributed by atoms with Crippen molar-refractivity contribution in [2.75, 3.05) is 0 Å². The van der Waals surface area contributed by atoms with Gasteiger partial charge in [-0.3, -0.25) is 4.79 Å². The monoisotopic (exact) mass is 336 g/mol. The van der Waals surface area contributed by atoms with Crippen LogP contribution in [0.4, 0.5) is 4.39 Å². The van der Waals surface area contributed by atoms with Gasteiger partial charge in [0.25, 0.3) is 0 Å². The fourth-order valence-corrected chi connectivity index (χ4v) is 3.56. The van der Waals surface area contributed by atoms with Crippen LogP contribution in [0.3, 0.4) is 0 Å². The molecule has 5 heteroatoms. The molecule has 0 radical (unpaired) electrons. The number of Topliss-reactive ketones (excluding diaryl/α,β-unsaturated/α-hetero) is 1. The molecule has 0 aromatic carbocycles. The van der Waals surface area contributed by atoms with Gasteiger partial charge in [-0.15, -0.1) is 0 Å². The third-order valence-corrected chi connectivity index (χ3v) is 4.40. The summed E-state index contributed by atoms with van der Waals surface area (Å²) in [7, 11) is 0. The summed E-state index contributed by atoms with van der Waals surface area (Å²) in [5, 5.41) is 0. The third kappa shape index (κ3) is 2.20. The lowest BCUT2D eigenvalue weighted by atomic mass is 9.76. The van der Waals surface area contributed by atoms with Crippen molar-refractivity contribution in [3.8, 4) is 11.3 Å². The highest BCUT2D eigenvalue weighted by Gasteiger charge is 2.34. The number of pyridine rings is 1. The van der Waals surface area contributed by atoms with E-state index in [1.807, 2.05) is 0 Å². The second kappa shape index (κ2) is 4.52. The van der Waals surface area contributed by atoms with E-state index < -0.39 is 5.95 Å². The zero-order valence-electron chi connectivity index (χ0n) is 11.3. The van der Waals surface area contributed by atoms with E-state index in [4.69, 9.17) is 0 Å². The first-order valence-electron chi connectivity index (χ1n) is 6.43. The van der Waals surface area contributed by atoms with Crippen molar-refractivity contribution in [3.05, 3.63) is 40.0 Å². The van der Waals surface area contributed by atoms with Gasteiger partial charge in [-0.25, -0.2) is 4.98 Å². The minimum absolute atomic E-state index is 0.0465. The molecule has 0 amide bonds. The van der Waals surface area contributed by atoms with Crippen molar-refractivity contribution in [1.29, 1.82) is 0 Å². The van der Waals surface area contributed by atoms with E-state index in [-0.39, 0.29) is 11.2 Å². The molecule has 2 aromatic heterocycles. The zero-order valence-corrected chi connectivity index (χ0v) is 12.8.